The van der Waals surface area contributed by atoms with Crippen LogP contribution in [0.15, 0.2) is 12.4 Å². The van der Waals surface area contributed by atoms with Crippen molar-refractivity contribution in [2.24, 2.45) is 11.7 Å². The number of anilines is 1. The first kappa shape index (κ1) is 14.0. The van der Waals surface area contributed by atoms with Crippen molar-refractivity contribution in [1.82, 2.24) is 9.78 Å². The molecule has 0 atom stereocenters. The molecule has 1 aliphatic carbocycles. The predicted molar refractivity (Wildman–Crippen MR) is 69.1 cm³/mol. The second-order valence-corrected chi connectivity index (χ2v) is 4.96. The van der Waals surface area contributed by atoms with Crippen molar-refractivity contribution in [1.29, 1.82) is 0 Å². The Kier molecular flexibility index (Phi) is 4.16. The molecule has 5 nitrogen and oxygen atoms in total. The summed E-state index contributed by atoms with van der Waals surface area (Å²) < 4.78 is 1.83. The summed E-state index contributed by atoms with van der Waals surface area (Å²) in [5.41, 5.74) is 5.89. The Morgan fingerprint density at radius 3 is 2.82 bits per heavy atom. The predicted octanol–water partition coefficient (Wildman–Crippen LogP) is 1.39. The highest BCUT2D eigenvalue weighted by Gasteiger charge is 2.46. The number of amides is 1. The molecule has 0 aromatic carbocycles. The molecule has 0 saturated heterocycles. The van der Waals surface area contributed by atoms with Gasteiger partial charge in [0.2, 0.25) is 5.91 Å². The lowest BCUT2D eigenvalue weighted by molar-refractivity contribution is -0.118. The van der Waals surface area contributed by atoms with E-state index in [1.54, 1.807) is 6.20 Å². The molecule has 1 saturated carbocycles. The van der Waals surface area contributed by atoms with E-state index in [-0.39, 0.29) is 18.3 Å². The summed E-state index contributed by atoms with van der Waals surface area (Å²) in [6.07, 6.45) is 5.05. The molecule has 96 valence electrons. The summed E-state index contributed by atoms with van der Waals surface area (Å²) in [6.45, 7) is 5.10. The average molecular weight is 259 g/mol. The van der Waals surface area contributed by atoms with E-state index in [0.29, 0.717) is 5.92 Å². The zero-order chi connectivity index (χ0) is 11.8. The van der Waals surface area contributed by atoms with Gasteiger partial charge in [0.1, 0.15) is 0 Å². The van der Waals surface area contributed by atoms with Gasteiger partial charge in [-0.15, -0.1) is 12.4 Å². The van der Waals surface area contributed by atoms with Crippen LogP contribution in [0.1, 0.15) is 26.7 Å². The SMILES string of the molecule is CC(C)Cn1cc(NC(=O)C2(N)CC2)cn1.Cl. The van der Waals surface area contributed by atoms with E-state index in [9.17, 15) is 4.79 Å². The van der Waals surface area contributed by atoms with Gasteiger partial charge in [0.25, 0.3) is 0 Å². The monoisotopic (exact) mass is 258 g/mol. The van der Waals surface area contributed by atoms with Gasteiger partial charge in [0, 0.05) is 12.7 Å². The number of nitrogens with two attached hydrogens (primary N) is 1. The van der Waals surface area contributed by atoms with Crippen molar-refractivity contribution < 1.29 is 4.79 Å². The van der Waals surface area contributed by atoms with Crippen LogP contribution in [0.2, 0.25) is 0 Å². The van der Waals surface area contributed by atoms with E-state index in [1.165, 1.54) is 0 Å². The highest BCUT2D eigenvalue weighted by molar-refractivity contribution is 5.99. The number of hydrogen-bond acceptors (Lipinski definition) is 3. The third kappa shape index (κ3) is 3.44. The van der Waals surface area contributed by atoms with E-state index in [4.69, 9.17) is 5.73 Å². The highest BCUT2D eigenvalue weighted by atomic mass is 35.5. The Morgan fingerprint density at radius 2 is 2.29 bits per heavy atom. The van der Waals surface area contributed by atoms with Crippen molar-refractivity contribution in [2.45, 2.75) is 38.8 Å². The highest BCUT2D eigenvalue weighted by Crippen LogP contribution is 2.33. The van der Waals surface area contributed by atoms with Gasteiger partial charge < -0.3 is 11.1 Å². The third-order valence-electron chi connectivity index (χ3n) is 2.68. The van der Waals surface area contributed by atoms with Crippen molar-refractivity contribution in [3.63, 3.8) is 0 Å². The van der Waals surface area contributed by atoms with E-state index >= 15 is 0 Å². The molecule has 0 aliphatic heterocycles. The van der Waals surface area contributed by atoms with E-state index < -0.39 is 5.54 Å². The number of carbonyl (C=O) groups excluding carboxylic acids is 1. The second kappa shape index (κ2) is 5.06. The summed E-state index contributed by atoms with van der Waals surface area (Å²) in [5, 5.41) is 6.96. The molecule has 1 aromatic rings. The Bertz CT molecular complexity index is 398. The lowest BCUT2D eigenvalue weighted by atomic mass is 10.2. The Hall–Kier alpha value is -1.07. The van der Waals surface area contributed by atoms with Gasteiger partial charge in [-0.3, -0.25) is 9.48 Å². The van der Waals surface area contributed by atoms with Crippen LogP contribution in [0, 0.1) is 5.92 Å². The first-order valence-electron chi connectivity index (χ1n) is 5.62. The summed E-state index contributed by atoms with van der Waals surface area (Å²) in [5.74, 6) is 0.435. The molecule has 1 amide bonds. The molecule has 1 heterocycles. The smallest absolute Gasteiger partial charge is 0.244 e. The Morgan fingerprint density at radius 1 is 1.65 bits per heavy atom. The van der Waals surface area contributed by atoms with Gasteiger partial charge in [-0.25, -0.2) is 0 Å². The van der Waals surface area contributed by atoms with Crippen LogP contribution in [0.25, 0.3) is 0 Å². The lowest BCUT2D eigenvalue weighted by Gasteiger charge is -2.07. The Labute approximate surface area is 107 Å². The van der Waals surface area contributed by atoms with Crippen LogP contribution in [0.3, 0.4) is 0 Å². The van der Waals surface area contributed by atoms with Crippen LogP contribution in [0.5, 0.6) is 0 Å². The minimum Gasteiger partial charge on any atom is -0.322 e. The molecule has 0 bridgehead atoms. The van der Waals surface area contributed by atoms with Crippen LogP contribution in [-0.4, -0.2) is 21.2 Å². The molecule has 6 heteroatoms. The minimum absolute atomic E-state index is 0. The zero-order valence-corrected chi connectivity index (χ0v) is 11.0. The van der Waals surface area contributed by atoms with E-state index in [1.807, 2.05) is 10.9 Å². The number of rotatable bonds is 4. The summed E-state index contributed by atoms with van der Waals surface area (Å²) in [4.78, 5) is 11.7. The first-order chi connectivity index (χ1) is 7.49. The number of nitrogens with zero attached hydrogens (tertiary/aromatic N) is 2. The number of carbonyl (C=O) groups is 1. The van der Waals surface area contributed by atoms with Crippen LogP contribution in [-0.2, 0) is 11.3 Å². The van der Waals surface area contributed by atoms with Crippen molar-refractivity contribution in [2.75, 3.05) is 5.32 Å². The second-order valence-electron chi connectivity index (χ2n) is 4.96. The fraction of sp³-hybridized carbons (Fsp3) is 0.636. The zero-order valence-electron chi connectivity index (χ0n) is 10.1. The molecule has 17 heavy (non-hydrogen) atoms. The fourth-order valence-corrected chi connectivity index (χ4v) is 1.52. The maximum atomic E-state index is 11.7. The maximum Gasteiger partial charge on any atom is 0.244 e. The van der Waals surface area contributed by atoms with Crippen LogP contribution < -0.4 is 11.1 Å². The molecule has 3 N–H and O–H groups in total. The molecule has 1 aliphatic rings. The topological polar surface area (TPSA) is 72.9 Å². The largest absolute Gasteiger partial charge is 0.322 e. The van der Waals surface area contributed by atoms with Gasteiger partial charge in [-0.2, -0.15) is 5.10 Å². The number of aromatic nitrogens is 2. The van der Waals surface area contributed by atoms with Crippen molar-refractivity contribution in [3.05, 3.63) is 12.4 Å². The Balaban J connectivity index is 0.00000144. The van der Waals surface area contributed by atoms with Gasteiger partial charge in [-0.05, 0) is 18.8 Å². The van der Waals surface area contributed by atoms with E-state index in [0.717, 1.165) is 25.1 Å². The normalized spacial score (nSPS) is 16.5. The van der Waals surface area contributed by atoms with Gasteiger partial charge >= 0.3 is 0 Å². The summed E-state index contributed by atoms with van der Waals surface area (Å²) in [7, 11) is 0. The molecule has 0 unspecified atom stereocenters. The standard InChI is InChI=1S/C11H18N4O.ClH/c1-8(2)6-15-7-9(5-13-15)14-10(16)11(12)3-4-11;/h5,7-8H,3-4,6,12H2,1-2H3,(H,14,16);1H. The quantitative estimate of drug-likeness (QED) is 0.857. The van der Waals surface area contributed by atoms with Gasteiger partial charge in [-0.1, -0.05) is 13.8 Å². The summed E-state index contributed by atoms with van der Waals surface area (Å²) >= 11 is 0. The maximum absolute atomic E-state index is 11.7. The van der Waals surface area contributed by atoms with Crippen molar-refractivity contribution >= 4 is 24.0 Å². The average Bonchev–Trinajstić information content (AvgIpc) is 2.79. The molecule has 0 radical (unpaired) electrons. The molecule has 2 rings (SSSR count). The molecule has 1 fully saturated rings. The van der Waals surface area contributed by atoms with Gasteiger partial charge in [0.15, 0.2) is 0 Å². The number of hydrogen-bond donors (Lipinski definition) is 2. The summed E-state index contributed by atoms with van der Waals surface area (Å²) in [6, 6.07) is 0. The molecule has 0 spiro atoms. The lowest BCUT2D eigenvalue weighted by Crippen LogP contribution is -2.37. The first-order valence-corrected chi connectivity index (χ1v) is 5.62. The van der Waals surface area contributed by atoms with Crippen LogP contribution >= 0.6 is 12.4 Å². The third-order valence-corrected chi connectivity index (χ3v) is 2.68. The van der Waals surface area contributed by atoms with E-state index in [2.05, 4.69) is 24.3 Å². The number of halogens is 1. The van der Waals surface area contributed by atoms with Crippen LogP contribution in [0.4, 0.5) is 5.69 Å². The molecule has 1 aromatic heterocycles. The fourth-order valence-electron chi connectivity index (χ4n) is 1.52. The van der Waals surface area contributed by atoms with Crippen molar-refractivity contribution in [3.8, 4) is 0 Å². The van der Waals surface area contributed by atoms with Gasteiger partial charge in [0.05, 0.1) is 17.4 Å². The molecular weight excluding hydrogens is 240 g/mol. The molecular formula is C11H19ClN4O. The minimum atomic E-state index is -0.625. The number of nitrogens with one attached hydrogen (secondary N) is 1.